The maximum absolute atomic E-state index is 13.4. The standard InChI is InChI=1S/C38H56N6O6/c1-8-24-39-30(45)16-19-33(48)42-36(5)22-12-11-14-29(4)15-13-23-37(6,43-34(49)20-17-31(46)40-25-9-2)28-38(7,27-36)44-35(50)21-18-32(47)41-26-10-3/h1-3,15H,11-14,16-28H2,4-7H3,(H,39,45)(H,40,46)(H,41,47)(H,42,48)(H,43,49)(H,44,50)/b29-15-. The normalized spacial score (nSPS) is 23.5. The summed E-state index contributed by atoms with van der Waals surface area (Å²) in [6, 6.07) is 0. The van der Waals surface area contributed by atoms with Crippen LogP contribution in [0.3, 0.4) is 0 Å². The van der Waals surface area contributed by atoms with E-state index in [-0.39, 0.29) is 106 Å². The largest absolute Gasteiger partial charge is 0.351 e. The number of allylic oxidation sites excluding steroid dienone is 2. The van der Waals surface area contributed by atoms with Gasteiger partial charge in [-0.2, -0.15) is 0 Å². The Morgan fingerprint density at radius 3 is 1.34 bits per heavy atom. The third-order valence-electron chi connectivity index (χ3n) is 8.52. The topological polar surface area (TPSA) is 175 Å². The van der Waals surface area contributed by atoms with Gasteiger partial charge in [-0.15, -0.1) is 19.3 Å². The van der Waals surface area contributed by atoms with Gasteiger partial charge in [0.1, 0.15) is 0 Å². The molecule has 0 bridgehead atoms. The maximum Gasteiger partial charge on any atom is 0.221 e. The van der Waals surface area contributed by atoms with Gasteiger partial charge in [-0.3, -0.25) is 28.8 Å². The molecule has 6 amide bonds. The first-order valence-electron chi connectivity index (χ1n) is 17.3. The van der Waals surface area contributed by atoms with Crippen LogP contribution >= 0.6 is 0 Å². The van der Waals surface area contributed by atoms with E-state index in [2.05, 4.69) is 62.7 Å². The van der Waals surface area contributed by atoms with Crippen molar-refractivity contribution in [2.45, 2.75) is 134 Å². The number of hydrogen-bond acceptors (Lipinski definition) is 6. The average molecular weight is 693 g/mol. The lowest BCUT2D eigenvalue weighted by atomic mass is 9.73. The predicted octanol–water partition coefficient (Wildman–Crippen LogP) is 2.28. The van der Waals surface area contributed by atoms with E-state index in [4.69, 9.17) is 19.3 Å². The fourth-order valence-corrected chi connectivity index (χ4v) is 6.51. The summed E-state index contributed by atoms with van der Waals surface area (Å²) in [5, 5.41) is 17.1. The molecule has 0 saturated carbocycles. The zero-order valence-electron chi connectivity index (χ0n) is 30.3. The van der Waals surface area contributed by atoms with Crippen LogP contribution in [0.25, 0.3) is 0 Å². The van der Waals surface area contributed by atoms with Crippen LogP contribution in [0.2, 0.25) is 0 Å². The van der Waals surface area contributed by atoms with E-state index in [9.17, 15) is 28.8 Å². The van der Waals surface area contributed by atoms with Crippen molar-refractivity contribution in [2.24, 2.45) is 0 Å². The van der Waals surface area contributed by atoms with Gasteiger partial charge in [-0.25, -0.2) is 0 Å². The smallest absolute Gasteiger partial charge is 0.221 e. The van der Waals surface area contributed by atoms with Gasteiger partial charge in [-0.1, -0.05) is 35.8 Å². The molecule has 50 heavy (non-hydrogen) atoms. The van der Waals surface area contributed by atoms with Crippen LogP contribution in [0.4, 0.5) is 0 Å². The summed E-state index contributed by atoms with van der Waals surface area (Å²) < 4.78 is 0. The van der Waals surface area contributed by atoms with Crippen LogP contribution in [0, 0.1) is 37.0 Å². The van der Waals surface area contributed by atoms with Gasteiger partial charge in [0, 0.05) is 55.1 Å². The lowest BCUT2D eigenvalue weighted by molar-refractivity contribution is -0.129. The minimum Gasteiger partial charge on any atom is -0.351 e. The minimum atomic E-state index is -0.989. The molecule has 0 saturated heterocycles. The van der Waals surface area contributed by atoms with E-state index < -0.39 is 16.6 Å². The van der Waals surface area contributed by atoms with E-state index in [0.717, 1.165) is 19.3 Å². The van der Waals surface area contributed by atoms with Gasteiger partial charge in [-0.05, 0) is 72.6 Å². The summed E-state index contributed by atoms with van der Waals surface area (Å²) in [6.07, 6.45) is 22.4. The van der Waals surface area contributed by atoms with E-state index in [1.807, 2.05) is 20.8 Å². The van der Waals surface area contributed by atoms with Crippen LogP contribution < -0.4 is 31.9 Å². The molecule has 0 aromatic heterocycles. The minimum absolute atomic E-state index is 0.0335. The van der Waals surface area contributed by atoms with Crippen molar-refractivity contribution in [1.82, 2.24) is 31.9 Å². The van der Waals surface area contributed by atoms with Crippen molar-refractivity contribution in [1.29, 1.82) is 0 Å². The van der Waals surface area contributed by atoms with Crippen LogP contribution in [-0.4, -0.2) is 71.7 Å². The highest BCUT2D eigenvalue weighted by molar-refractivity contribution is 5.85. The molecule has 274 valence electrons. The lowest BCUT2D eigenvalue weighted by Gasteiger charge is -2.45. The molecule has 0 fully saturated rings. The summed E-state index contributed by atoms with van der Waals surface area (Å²) in [6.45, 7) is 7.98. The van der Waals surface area contributed by atoms with E-state index in [1.54, 1.807) is 0 Å². The average Bonchev–Trinajstić information content (AvgIpc) is 3.04. The Morgan fingerprint density at radius 2 is 0.940 bits per heavy atom. The van der Waals surface area contributed by atoms with Crippen LogP contribution in [0.5, 0.6) is 0 Å². The molecule has 1 aliphatic rings. The molecule has 0 spiro atoms. The van der Waals surface area contributed by atoms with Crippen molar-refractivity contribution in [2.75, 3.05) is 19.6 Å². The molecule has 0 radical (unpaired) electrons. The number of rotatable bonds is 15. The molecule has 1 aliphatic carbocycles. The Bertz CT molecular complexity index is 1370. The van der Waals surface area contributed by atoms with Gasteiger partial charge in [0.2, 0.25) is 35.4 Å². The SMILES string of the molecule is C#CCNC(=O)CCC(=O)NC1(C)CC/C=C(/C)CCCCC(C)(NC(=O)CCC(=O)NCC#C)CC(C)(NC(=O)CCC(=O)NCC#C)C1. The first-order chi connectivity index (χ1) is 23.6. The molecule has 0 aliphatic heterocycles. The van der Waals surface area contributed by atoms with Crippen molar-refractivity contribution >= 4 is 35.4 Å². The van der Waals surface area contributed by atoms with Crippen molar-refractivity contribution in [3.05, 3.63) is 11.6 Å². The fourth-order valence-electron chi connectivity index (χ4n) is 6.51. The van der Waals surface area contributed by atoms with Crippen LogP contribution in [-0.2, 0) is 28.8 Å². The number of terminal acetylenes is 3. The first kappa shape index (κ1) is 43.3. The molecule has 3 atom stereocenters. The quantitative estimate of drug-likeness (QED) is 0.113. The molecule has 12 nitrogen and oxygen atoms in total. The molecule has 0 aromatic carbocycles. The van der Waals surface area contributed by atoms with Crippen LogP contribution in [0.1, 0.15) is 118 Å². The van der Waals surface area contributed by atoms with Gasteiger partial charge in [0.05, 0.1) is 19.6 Å². The van der Waals surface area contributed by atoms with Gasteiger partial charge >= 0.3 is 0 Å². The molecule has 0 aromatic rings. The number of carbonyl (C=O) groups excluding carboxylic acids is 6. The predicted molar refractivity (Wildman–Crippen MR) is 194 cm³/mol. The molecular weight excluding hydrogens is 636 g/mol. The molecule has 12 heteroatoms. The maximum atomic E-state index is 13.4. The second-order valence-corrected chi connectivity index (χ2v) is 13.9. The number of nitrogens with one attached hydrogen (secondary N) is 6. The summed E-state index contributed by atoms with van der Waals surface area (Å²) in [7, 11) is 0. The van der Waals surface area contributed by atoms with Crippen molar-refractivity contribution in [3.8, 4) is 37.0 Å². The second-order valence-electron chi connectivity index (χ2n) is 13.9. The Kier molecular flexibility index (Phi) is 19.1. The summed E-state index contributed by atoms with van der Waals surface area (Å²) >= 11 is 0. The second kappa shape index (κ2) is 22.1. The highest BCUT2D eigenvalue weighted by Crippen LogP contribution is 2.35. The zero-order valence-corrected chi connectivity index (χ0v) is 30.3. The molecular formula is C38H56N6O6. The molecule has 3 unspecified atom stereocenters. The Hall–Kier alpha value is -4.76. The monoisotopic (exact) mass is 692 g/mol. The summed E-state index contributed by atoms with van der Waals surface area (Å²) in [5.74, 6) is 4.96. The van der Waals surface area contributed by atoms with Gasteiger partial charge < -0.3 is 31.9 Å². The van der Waals surface area contributed by atoms with Gasteiger partial charge in [0.15, 0.2) is 0 Å². The Balaban J connectivity index is 3.43. The van der Waals surface area contributed by atoms with Crippen LogP contribution in [0.15, 0.2) is 11.6 Å². The Morgan fingerprint density at radius 1 is 0.580 bits per heavy atom. The lowest BCUT2D eigenvalue weighted by Crippen LogP contribution is -2.61. The van der Waals surface area contributed by atoms with E-state index in [1.165, 1.54) is 5.57 Å². The first-order valence-corrected chi connectivity index (χ1v) is 17.3. The molecule has 1 rings (SSSR count). The highest BCUT2D eigenvalue weighted by Gasteiger charge is 2.42. The Labute approximate surface area is 298 Å². The summed E-state index contributed by atoms with van der Waals surface area (Å²) in [5.41, 5.74) is -1.43. The number of carbonyl (C=O) groups is 6. The third-order valence-corrected chi connectivity index (χ3v) is 8.52. The van der Waals surface area contributed by atoms with Crippen molar-refractivity contribution in [3.63, 3.8) is 0 Å². The number of amides is 6. The third kappa shape index (κ3) is 18.7. The number of hydrogen-bond donors (Lipinski definition) is 6. The summed E-state index contributed by atoms with van der Waals surface area (Å²) in [4.78, 5) is 76.4. The van der Waals surface area contributed by atoms with E-state index in [0.29, 0.717) is 19.3 Å². The van der Waals surface area contributed by atoms with Gasteiger partial charge in [0.25, 0.3) is 0 Å². The zero-order chi connectivity index (χ0) is 37.6. The highest BCUT2D eigenvalue weighted by atomic mass is 16.2. The van der Waals surface area contributed by atoms with Crippen molar-refractivity contribution < 1.29 is 28.8 Å². The molecule has 0 heterocycles. The van der Waals surface area contributed by atoms with E-state index >= 15 is 0 Å². The molecule has 6 N–H and O–H groups in total. The fraction of sp³-hybridized carbons (Fsp3) is 0.632.